The van der Waals surface area contributed by atoms with E-state index in [1.165, 1.54) is 25.7 Å². The molecule has 0 saturated heterocycles. The Bertz CT molecular complexity index is 103. The van der Waals surface area contributed by atoms with Crippen molar-refractivity contribution in [3.05, 3.63) is 12.7 Å². The van der Waals surface area contributed by atoms with Gasteiger partial charge >= 0.3 is 0 Å². The van der Waals surface area contributed by atoms with Crippen LogP contribution in [0.4, 0.5) is 0 Å². The van der Waals surface area contributed by atoms with Crippen molar-refractivity contribution in [3.63, 3.8) is 0 Å². The quantitative estimate of drug-likeness (QED) is 0.595. The molecule has 0 aliphatic heterocycles. The molecule has 0 aromatic carbocycles. The second-order valence-electron chi connectivity index (χ2n) is 3.14. The molecule has 1 N–H and O–H groups in total. The molecule has 0 bridgehead atoms. The molecule has 1 unspecified atom stereocenters. The first kappa shape index (κ1) is 7.80. The van der Waals surface area contributed by atoms with Crippen LogP contribution in [0.2, 0.25) is 0 Å². The summed E-state index contributed by atoms with van der Waals surface area (Å²) in [6.07, 6.45) is 7.51. The minimum absolute atomic E-state index is 0.111. The molecule has 1 saturated carbocycles. The molecule has 1 rings (SSSR count). The minimum atomic E-state index is -0.111. The number of hydrogen-bond donors (Lipinski definition) is 1. The number of aliphatic hydroxyl groups is 1. The molecule has 0 amide bonds. The third-order valence-electron chi connectivity index (χ3n) is 2.35. The van der Waals surface area contributed by atoms with Crippen molar-refractivity contribution >= 4 is 0 Å². The van der Waals surface area contributed by atoms with Crippen LogP contribution in [0.1, 0.15) is 32.1 Å². The summed E-state index contributed by atoms with van der Waals surface area (Å²) < 4.78 is 0. The SMILES string of the molecule is C=CCC(O)C1CCCC1. The third kappa shape index (κ3) is 1.84. The summed E-state index contributed by atoms with van der Waals surface area (Å²) in [7, 11) is 0. The van der Waals surface area contributed by atoms with Crippen LogP contribution in [0.5, 0.6) is 0 Å². The summed E-state index contributed by atoms with van der Waals surface area (Å²) in [6, 6.07) is 0. The first-order chi connectivity index (χ1) is 4.84. The van der Waals surface area contributed by atoms with Gasteiger partial charge in [-0.25, -0.2) is 0 Å². The summed E-state index contributed by atoms with van der Waals surface area (Å²) >= 11 is 0. The molecule has 0 aromatic heterocycles. The van der Waals surface area contributed by atoms with Crippen molar-refractivity contribution in [2.45, 2.75) is 38.2 Å². The highest BCUT2D eigenvalue weighted by molar-refractivity contribution is 4.80. The van der Waals surface area contributed by atoms with E-state index in [9.17, 15) is 5.11 Å². The molecule has 58 valence electrons. The lowest BCUT2D eigenvalue weighted by molar-refractivity contribution is 0.114. The van der Waals surface area contributed by atoms with Crippen LogP contribution in [-0.4, -0.2) is 11.2 Å². The fourth-order valence-corrected chi connectivity index (χ4v) is 1.71. The van der Waals surface area contributed by atoms with E-state index < -0.39 is 0 Å². The lowest BCUT2D eigenvalue weighted by Gasteiger charge is -2.14. The van der Waals surface area contributed by atoms with E-state index in [1.54, 1.807) is 0 Å². The van der Waals surface area contributed by atoms with Crippen molar-refractivity contribution < 1.29 is 5.11 Å². The molecule has 1 atom stereocenters. The van der Waals surface area contributed by atoms with Gasteiger partial charge in [-0.05, 0) is 25.2 Å². The first-order valence-electron chi connectivity index (χ1n) is 4.13. The van der Waals surface area contributed by atoms with E-state index >= 15 is 0 Å². The topological polar surface area (TPSA) is 20.2 Å². The zero-order valence-corrected chi connectivity index (χ0v) is 6.42. The highest BCUT2D eigenvalue weighted by atomic mass is 16.3. The predicted octanol–water partition coefficient (Wildman–Crippen LogP) is 2.11. The van der Waals surface area contributed by atoms with Crippen LogP contribution < -0.4 is 0 Å². The zero-order chi connectivity index (χ0) is 7.40. The molecule has 1 heteroatoms. The molecule has 0 spiro atoms. The highest BCUT2D eigenvalue weighted by Gasteiger charge is 2.21. The second-order valence-corrected chi connectivity index (χ2v) is 3.14. The molecule has 1 aliphatic carbocycles. The third-order valence-corrected chi connectivity index (χ3v) is 2.35. The van der Waals surface area contributed by atoms with Crippen LogP contribution in [-0.2, 0) is 0 Å². The Hall–Kier alpha value is -0.300. The van der Waals surface area contributed by atoms with Gasteiger partial charge in [-0.3, -0.25) is 0 Å². The summed E-state index contributed by atoms with van der Waals surface area (Å²) in [5.41, 5.74) is 0. The van der Waals surface area contributed by atoms with Crippen LogP contribution >= 0.6 is 0 Å². The van der Waals surface area contributed by atoms with Crippen molar-refractivity contribution in [1.29, 1.82) is 0 Å². The Morgan fingerprint density at radius 3 is 2.60 bits per heavy atom. The Morgan fingerprint density at radius 2 is 2.10 bits per heavy atom. The minimum Gasteiger partial charge on any atom is -0.393 e. The van der Waals surface area contributed by atoms with E-state index in [4.69, 9.17) is 0 Å². The maximum absolute atomic E-state index is 9.48. The van der Waals surface area contributed by atoms with Crippen LogP contribution in [0, 0.1) is 5.92 Å². The molecule has 0 aromatic rings. The Kier molecular flexibility index (Phi) is 2.94. The molecule has 0 heterocycles. The van der Waals surface area contributed by atoms with Gasteiger partial charge in [0.25, 0.3) is 0 Å². The van der Waals surface area contributed by atoms with Gasteiger partial charge in [0, 0.05) is 0 Å². The molecular weight excluding hydrogens is 124 g/mol. The van der Waals surface area contributed by atoms with Gasteiger partial charge in [0.1, 0.15) is 0 Å². The Balaban J connectivity index is 2.24. The zero-order valence-electron chi connectivity index (χ0n) is 6.42. The number of hydrogen-bond acceptors (Lipinski definition) is 1. The van der Waals surface area contributed by atoms with Gasteiger partial charge in [0.15, 0.2) is 0 Å². The van der Waals surface area contributed by atoms with Gasteiger partial charge in [0.05, 0.1) is 6.10 Å². The maximum Gasteiger partial charge on any atom is 0.0602 e. The molecule has 10 heavy (non-hydrogen) atoms. The average Bonchev–Trinajstić information content (AvgIpc) is 2.38. The average molecular weight is 140 g/mol. The van der Waals surface area contributed by atoms with Gasteiger partial charge in [0.2, 0.25) is 0 Å². The summed E-state index contributed by atoms with van der Waals surface area (Å²) in [5, 5.41) is 9.48. The summed E-state index contributed by atoms with van der Waals surface area (Å²) in [4.78, 5) is 0. The summed E-state index contributed by atoms with van der Waals surface area (Å²) in [5.74, 6) is 0.568. The number of aliphatic hydroxyl groups excluding tert-OH is 1. The number of rotatable bonds is 3. The largest absolute Gasteiger partial charge is 0.393 e. The van der Waals surface area contributed by atoms with E-state index in [-0.39, 0.29) is 6.10 Å². The lowest BCUT2D eigenvalue weighted by atomic mass is 9.98. The first-order valence-corrected chi connectivity index (χ1v) is 4.13. The normalized spacial score (nSPS) is 22.9. The van der Waals surface area contributed by atoms with Crippen LogP contribution in [0.3, 0.4) is 0 Å². The van der Waals surface area contributed by atoms with Crippen LogP contribution in [0.15, 0.2) is 12.7 Å². The van der Waals surface area contributed by atoms with Crippen molar-refractivity contribution in [2.24, 2.45) is 5.92 Å². The van der Waals surface area contributed by atoms with Gasteiger partial charge in [-0.2, -0.15) is 0 Å². The molecular formula is C9H16O. The molecule has 1 fully saturated rings. The Labute approximate surface area is 62.8 Å². The van der Waals surface area contributed by atoms with E-state index in [0.29, 0.717) is 5.92 Å². The van der Waals surface area contributed by atoms with E-state index in [2.05, 4.69) is 6.58 Å². The van der Waals surface area contributed by atoms with E-state index in [0.717, 1.165) is 6.42 Å². The van der Waals surface area contributed by atoms with Gasteiger partial charge < -0.3 is 5.11 Å². The van der Waals surface area contributed by atoms with Crippen molar-refractivity contribution in [3.8, 4) is 0 Å². The van der Waals surface area contributed by atoms with Crippen molar-refractivity contribution in [1.82, 2.24) is 0 Å². The Morgan fingerprint density at radius 1 is 1.50 bits per heavy atom. The molecule has 1 nitrogen and oxygen atoms in total. The second kappa shape index (κ2) is 3.77. The maximum atomic E-state index is 9.48. The summed E-state index contributed by atoms with van der Waals surface area (Å²) in [6.45, 7) is 3.61. The van der Waals surface area contributed by atoms with Crippen LogP contribution in [0.25, 0.3) is 0 Å². The fourth-order valence-electron chi connectivity index (χ4n) is 1.71. The molecule has 1 aliphatic rings. The van der Waals surface area contributed by atoms with E-state index in [1.807, 2.05) is 6.08 Å². The fraction of sp³-hybridized carbons (Fsp3) is 0.778. The van der Waals surface area contributed by atoms with Gasteiger partial charge in [-0.1, -0.05) is 18.9 Å². The smallest absolute Gasteiger partial charge is 0.0602 e. The monoisotopic (exact) mass is 140 g/mol. The van der Waals surface area contributed by atoms with Crippen molar-refractivity contribution in [2.75, 3.05) is 0 Å². The lowest BCUT2D eigenvalue weighted by Crippen LogP contribution is -2.15. The highest BCUT2D eigenvalue weighted by Crippen LogP contribution is 2.28. The van der Waals surface area contributed by atoms with Gasteiger partial charge in [-0.15, -0.1) is 6.58 Å². The molecule has 0 radical (unpaired) electrons. The predicted molar refractivity (Wildman–Crippen MR) is 42.8 cm³/mol. The standard InChI is InChI=1S/C9H16O/c1-2-5-9(10)8-6-3-4-7-8/h2,8-10H,1,3-7H2.